The molecule has 0 fully saturated rings. The molecule has 4 N–H and O–H groups in total. The smallest absolute Gasteiger partial charge is 0.335 e. The van der Waals surface area contributed by atoms with Gasteiger partial charge in [-0.2, -0.15) is 0 Å². The van der Waals surface area contributed by atoms with Crippen molar-refractivity contribution in [2.24, 2.45) is 5.73 Å². The molecule has 11 heteroatoms. The van der Waals surface area contributed by atoms with Crippen LogP contribution < -0.4 is 11.1 Å². The minimum absolute atomic E-state index is 0.00709. The van der Waals surface area contributed by atoms with Crippen molar-refractivity contribution >= 4 is 45.4 Å². The second-order valence-corrected chi connectivity index (χ2v) is 7.74. The first-order valence-corrected chi connectivity index (χ1v) is 10.4. The number of hydrogen-bond donors (Lipinski definition) is 3. The van der Waals surface area contributed by atoms with Gasteiger partial charge in [0.2, 0.25) is 5.91 Å². The van der Waals surface area contributed by atoms with E-state index in [1.54, 1.807) is 16.7 Å². The lowest BCUT2D eigenvalue weighted by atomic mass is 10.1. The van der Waals surface area contributed by atoms with Crippen LogP contribution in [0.25, 0.3) is 27.5 Å². The molecule has 5 rings (SSSR count). The summed E-state index contributed by atoms with van der Waals surface area (Å²) in [7, 11) is 0. The first-order valence-electron chi connectivity index (χ1n) is 10.4. The van der Waals surface area contributed by atoms with Gasteiger partial charge < -0.3 is 25.1 Å². The number of oxazole rings is 1. The summed E-state index contributed by atoms with van der Waals surface area (Å²) in [5.74, 6) is -1.92. The molecule has 0 saturated carbocycles. The van der Waals surface area contributed by atoms with Gasteiger partial charge in [0.1, 0.15) is 12.0 Å². The third-order valence-corrected chi connectivity index (χ3v) is 5.65. The van der Waals surface area contributed by atoms with Crippen LogP contribution in [0.15, 0.2) is 71.5 Å². The number of carbonyl (C=O) groups excluding carboxylic acids is 1. The average molecular weight is 471 g/mol. The number of nitrogens with one attached hydrogen (secondary N) is 1. The number of benzene rings is 3. The zero-order valence-electron chi connectivity index (χ0n) is 18.0. The quantitative estimate of drug-likeness (QED) is 0.236. The number of nitrogens with zero attached hydrogens (tertiary/aromatic N) is 3. The number of aromatic carboxylic acids is 1. The molecule has 0 radical (unpaired) electrons. The summed E-state index contributed by atoms with van der Waals surface area (Å²) in [6.07, 6.45) is 2.98. The van der Waals surface area contributed by atoms with Crippen molar-refractivity contribution in [1.29, 1.82) is 0 Å². The molecule has 0 saturated heterocycles. The lowest BCUT2D eigenvalue weighted by Crippen LogP contribution is -2.12. The van der Waals surface area contributed by atoms with Crippen LogP contribution in [0.3, 0.4) is 0 Å². The summed E-state index contributed by atoms with van der Waals surface area (Å²) in [6, 6.07) is 14.5. The minimum Gasteiger partial charge on any atom is -0.478 e. The Kier molecular flexibility index (Phi) is 5.13. The topological polar surface area (TPSA) is 167 Å². The van der Waals surface area contributed by atoms with Crippen LogP contribution >= 0.6 is 0 Å². The average Bonchev–Trinajstić information content (AvgIpc) is 3.47. The van der Waals surface area contributed by atoms with Gasteiger partial charge in [0.15, 0.2) is 0 Å². The van der Waals surface area contributed by atoms with Crippen molar-refractivity contribution in [3.05, 3.63) is 93.9 Å². The van der Waals surface area contributed by atoms with Crippen LogP contribution in [0, 0.1) is 10.1 Å². The van der Waals surface area contributed by atoms with Gasteiger partial charge in [-0.25, -0.2) is 9.78 Å². The number of anilines is 1. The van der Waals surface area contributed by atoms with Gasteiger partial charge in [0, 0.05) is 28.9 Å². The molecule has 0 unspecified atom stereocenters. The summed E-state index contributed by atoms with van der Waals surface area (Å²) in [6.45, 7) is 0.407. The number of aromatic nitrogens is 2. The van der Waals surface area contributed by atoms with Crippen LogP contribution in [0.1, 0.15) is 26.3 Å². The third kappa shape index (κ3) is 3.80. The number of carboxylic acid groups (broad SMARTS) is 1. The predicted octanol–water partition coefficient (Wildman–Crippen LogP) is 4.09. The number of nitrogens with two attached hydrogens (primary N) is 1. The van der Waals surface area contributed by atoms with E-state index >= 15 is 0 Å². The van der Waals surface area contributed by atoms with E-state index in [1.165, 1.54) is 36.7 Å². The van der Waals surface area contributed by atoms with E-state index in [9.17, 15) is 24.8 Å². The Labute approximate surface area is 196 Å². The van der Waals surface area contributed by atoms with E-state index in [4.69, 9.17) is 10.2 Å². The van der Waals surface area contributed by atoms with Crippen molar-refractivity contribution in [2.75, 3.05) is 5.32 Å². The van der Waals surface area contributed by atoms with Gasteiger partial charge >= 0.3 is 5.97 Å². The van der Waals surface area contributed by atoms with Crippen molar-refractivity contribution in [2.45, 2.75) is 6.54 Å². The highest BCUT2D eigenvalue weighted by molar-refractivity contribution is 6.11. The van der Waals surface area contributed by atoms with E-state index in [-0.39, 0.29) is 22.5 Å². The number of rotatable bonds is 7. The second kappa shape index (κ2) is 8.30. The van der Waals surface area contributed by atoms with E-state index in [0.29, 0.717) is 29.0 Å². The summed E-state index contributed by atoms with van der Waals surface area (Å²) in [5.41, 5.74) is 7.15. The van der Waals surface area contributed by atoms with Crippen molar-refractivity contribution < 1.29 is 24.0 Å². The Morgan fingerprint density at radius 2 is 1.86 bits per heavy atom. The molecule has 2 heterocycles. The zero-order valence-corrected chi connectivity index (χ0v) is 18.0. The number of hydrogen-bond acceptors (Lipinski definition) is 7. The van der Waals surface area contributed by atoms with Gasteiger partial charge in [-0.05, 0) is 42.0 Å². The molecule has 0 aliphatic heterocycles. The molecule has 2 aromatic heterocycles. The van der Waals surface area contributed by atoms with Gasteiger partial charge in [0.25, 0.3) is 11.7 Å². The van der Waals surface area contributed by atoms with E-state index in [0.717, 1.165) is 17.0 Å². The fourth-order valence-corrected chi connectivity index (χ4v) is 4.07. The fourth-order valence-electron chi connectivity index (χ4n) is 4.07. The fraction of sp³-hybridized carbons (Fsp3) is 0.0417. The number of primary amides is 1. The Morgan fingerprint density at radius 3 is 2.54 bits per heavy atom. The Morgan fingerprint density at radius 1 is 1.06 bits per heavy atom. The standard InChI is InChI=1S/C24H17N5O6/c25-22(30)14-3-6-19(21(10-14)29(33)34)28-18-5-1-13(12-27-24-26-7-8-35-24)9-17(18)16-4-2-15(23(31)32)11-20(16)28/h1-11H,12H2,(H2,25,30)(H,26,27)(H,31,32). The molecule has 0 aliphatic rings. The predicted molar refractivity (Wildman–Crippen MR) is 127 cm³/mol. The first kappa shape index (κ1) is 21.6. The number of amides is 1. The molecule has 0 bridgehead atoms. The number of carboxylic acids is 1. The molecule has 0 aliphatic carbocycles. The number of carbonyl (C=O) groups is 2. The van der Waals surface area contributed by atoms with E-state index < -0.39 is 16.8 Å². The van der Waals surface area contributed by atoms with Crippen molar-refractivity contribution in [1.82, 2.24) is 9.55 Å². The Bertz CT molecular complexity index is 1640. The second-order valence-electron chi connectivity index (χ2n) is 7.74. The Balaban J connectivity index is 1.75. The van der Waals surface area contributed by atoms with Crippen LogP contribution in [-0.4, -0.2) is 31.5 Å². The largest absolute Gasteiger partial charge is 0.478 e. The first-order chi connectivity index (χ1) is 16.8. The van der Waals surface area contributed by atoms with Gasteiger partial charge in [-0.15, -0.1) is 0 Å². The van der Waals surface area contributed by atoms with Gasteiger partial charge in [0.05, 0.1) is 27.7 Å². The normalized spacial score (nSPS) is 11.1. The van der Waals surface area contributed by atoms with E-state index in [1.807, 2.05) is 12.1 Å². The lowest BCUT2D eigenvalue weighted by molar-refractivity contribution is -0.384. The lowest BCUT2D eigenvalue weighted by Gasteiger charge is -2.10. The third-order valence-electron chi connectivity index (χ3n) is 5.65. The molecule has 5 aromatic rings. The number of nitro groups is 1. The van der Waals surface area contributed by atoms with Crippen LogP contribution in [0.2, 0.25) is 0 Å². The SMILES string of the molecule is NC(=O)c1ccc(-n2c3ccc(CNc4ncco4)cc3c3ccc(C(=O)O)cc32)c([N+](=O)[O-])c1. The molecule has 0 spiro atoms. The summed E-state index contributed by atoms with van der Waals surface area (Å²) >= 11 is 0. The molecule has 3 aromatic carbocycles. The van der Waals surface area contributed by atoms with Gasteiger partial charge in [-0.1, -0.05) is 12.1 Å². The maximum absolute atomic E-state index is 11.9. The van der Waals surface area contributed by atoms with Gasteiger partial charge in [-0.3, -0.25) is 14.9 Å². The molecule has 1 amide bonds. The molecular formula is C24H17N5O6. The maximum atomic E-state index is 11.9. The Hall–Kier alpha value is -5.19. The molecule has 35 heavy (non-hydrogen) atoms. The highest BCUT2D eigenvalue weighted by atomic mass is 16.6. The molecule has 11 nitrogen and oxygen atoms in total. The maximum Gasteiger partial charge on any atom is 0.335 e. The highest BCUT2D eigenvalue weighted by Gasteiger charge is 2.23. The number of nitro benzene ring substituents is 1. The minimum atomic E-state index is -1.13. The van der Waals surface area contributed by atoms with Crippen molar-refractivity contribution in [3.8, 4) is 5.69 Å². The van der Waals surface area contributed by atoms with Crippen LogP contribution in [0.5, 0.6) is 0 Å². The highest BCUT2D eigenvalue weighted by Crippen LogP contribution is 2.36. The molecular weight excluding hydrogens is 454 g/mol. The monoisotopic (exact) mass is 471 g/mol. The zero-order chi connectivity index (χ0) is 24.7. The number of fused-ring (bicyclic) bond motifs is 3. The summed E-state index contributed by atoms with van der Waals surface area (Å²) in [4.78, 5) is 38.6. The summed E-state index contributed by atoms with van der Waals surface area (Å²) < 4.78 is 6.81. The molecule has 174 valence electrons. The van der Waals surface area contributed by atoms with E-state index in [2.05, 4.69) is 10.3 Å². The molecule has 0 atom stereocenters. The van der Waals surface area contributed by atoms with Crippen LogP contribution in [-0.2, 0) is 6.54 Å². The van der Waals surface area contributed by atoms with Crippen molar-refractivity contribution in [3.63, 3.8) is 0 Å². The van der Waals surface area contributed by atoms with Crippen LogP contribution in [0.4, 0.5) is 11.7 Å². The summed E-state index contributed by atoms with van der Waals surface area (Å²) in [5, 5.41) is 26.0.